The highest BCUT2D eigenvalue weighted by Crippen LogP contribution is 2.21. The third-order valence-electron chi connectivity index (χ3n) is 2.69. The molecule has 1 saturated heterocycles. The van der Waals surface area contributed by atoms with Crippen molar-refractivity contribution in [2.24, 2.45) is 0 Å². The van der Waals surface area contributed by atoms with Gasteiger partial charge in [0.1, 0.15) is 11.7 Å². The molecule has 0 spiro atoms. The zero-order valence-corrected chi connectivity index (χ0v) is 11.5. The zero-order chi connectivity index (χ0) is 14.8. The Balaban J connectivity index is 2.01. The lowest BCUT2D eigenvalue weighted by molar-refractivity contribution is -0.0447. The van der Waals surface area contributed by atoms with Gasteiger partial charge in [-0.2, -0.15) is 0 Å². The maximum Gasteiger partial charge on any atom is 0.410 e. The van der Waals surface area contributed by atoms with Crippen LogP contribution in [0.4, 0.5) is 4.79 Å². The van der Waals surface area contributed by atoms with Crippen molar-refractivity contribution in [2.75, 3.05) is 19.7 Å². The molecular formula is C14H20N2O3. The van der Waals surface area contributed by atoms with Crippen LogP contribution in [0.15, 0.2) is 24.4 Å². The Morgan fingerprint density at radius 1 is 1.63 bits per heavy atom. The van der Waals surface area contributed by atoms with E-state index in [0.717, 1.165) is 5.69 Å². The van der Waals surface area contributed by atoms with E-state index < -0.39 is 5.60 Å². The Labute approximate surface area is 114 Å². The number of rotatable bonds is 1. The molecule has 0 N–H and O–H groups in total. The number of ether oxygens (including phenoxy) is 2. The van der Waals surface area contributed by atoms with Gasteiger partial charge in [-0.05, 0) is 32.9 Å². The van der Waals surface area contributed by atoms with Crippen molar-refractivity contribution in [2.45, 2.75) is 32.5 Å². The molecule has 19 heavy (non-hydrogen) atoms. The molecule has 1 aliphatic heterocycles. The van der Waals surface area contributed by atoms with E-state index in [1.165, 1.54) is 6.20 Å². The predicted molar refractivity (Wildman–Crippen MR) is 70.7 cm³/mol. The maximum atomic E-state index is 12.0. The highest BCUT2D eigenvalue weighted by molar-refractivity contribution is 5.68. The Bertz CT molecular complexity index is 470. The van der Waals surface area contributed by atoms with Crippen LogP contribution >= 0.6 is 0 Å². The van der Waals surface area contributed by atoms with Crippen LogP contribution in [0.2, 0.25) is 0 Å². The molecule has 0 aromatic carbocycles. The molecule has 1 atom stereocenters. The van der Waals surface area contributed by atoms with Crippen molar-refractivity contribution < 1.29 is 15.6 Å². The molecule has 0 radical (unpaired) electrons. The summed E-state index contributed by atoms with van der Waals surface area (Å²) < 4.78 is 18.4. The van der Waals surface area contributed by atoms with E-state index in [1.807, 2.05) is 20.8 Å². The van der Waals surface area contributed by atoms with E-state index in [9.17, 15) is 4.79 Å². The molecule has 1 aromatic heterocycles. The van der Waals surface area contributed by atoms with Crippen LogP contribution in [-0.2, 0) is 9.47 Å². The van der Waals surface area contributed by atoms with E-state index in [1.54, 1.807) is 17.0 Å². The van der Waals surface area contributed by atoms with Gasteiger partial charge in [0.25, 0.3) is 0 Å². The van der Waals surface area contributed by atoms with Gasteiger partial charge in [-0.25, -0.2) is 4.79 Å². The number of aromatic nitrogens is 1. The van der Waals surface area contributed by atoms with Crippen molar-refractivity contribution in [1.82, 2.24) is 9.88 Å². The standard InChI is InChI=1S/C14H20N2O3/c1-14(2,3)19-13(17)16-8-9-18-12(10-16)11-6-4-5-7-15-11/h4-7,12H,8-10H2,1-3H3/i5D. The minimum absolute atomic E-state index is 0.267. The summed E-state index contributed by atoms with van der Waals surface area (Å²) in [6.45, 7) is 6.92. The van der Waals surface area contributed by atoms with Crippen LogP contribution in [-0.4, -0.2) is 41.3 Å². The summed E-state index contributed by atoms with van der Waals surface area (Å²) in [7, 11) is 0. The molecule has 1 amide bonds. The minimum atomic E-state index is -0.504. The van der Waals surface area contributed by atoms with Crippen molar-refractivity contribution in [1.29, 1.82) is 0 Å². The molecule has 2 heterocycles. The molecule has 1 unspecified atom stereocenters. The van der Waals surface area contributed by atoms with Crippen molar-refractivity contribution in [3.8, 4) is 0 Å². The van der Waals surface area contributed by atoms with Crippen LogP contribution in [0.25, 0.3) is 0 Å². The normalized spacial score (nSPS) is 20.9. The smallest absolute Gasteiger partial charge is 0.410 e. The maximum absolute atomic E-state index is 12.0. The quantitative estimate of drug-likeness (QED) is 0.782. The molecule has 1 aliphatic rings. The van der Waals surface area contributed by atoms with Gasteiger partial charge in [-0.15, -0.1) is 0 Å². The topological polar surface area (TPSA) is 51.7 Å². The first-order valence-corrected chi connectivity index (χ1v) is 6.37. The zero-order valence-electron chi connectivity index (χ0n) is 12.5. The summed E-state index contributed by atoms with van der Waals surface area (Å²) in [5.74, 6) is 0. The van der Waals surface area contributed by atoms with Crippen LogP contribution in [0.5, 0.6) is 0 Å². The van der Waals surface area contributed by atoms with E-state index >= 15 is 0 Å². The highest BCUT2D eigenvalue weighted by Gasteiger charge is 2.29. The van der Waals surface area contributed by atoms with Crippen LogP contribution < -0.4 is 0 Å². The average Bonchev–Trinajstić information content (AvgIpc) is 2.38. The van der Waals surface area contributed by atoms with Gasteiger partial charge in [-0.3, -0.25) is 4.98 Å². The molecular weight excluding hydrogens is 244 g/mol. The second kappa shape index (κ2) is 5.57. The number of carbonyl (C=O) groups excluding carboxylic acids is 1. The molecule has 1 fully saturated rings. The molecule has 1 aromatic rings. The summed E-state index contributed by atoms with van der Waals surface area (Å²) in [5, 5.41) is 0. The predicted octanol–water partition coefficient (Wildman–Crippen LogP) is 2.39. The summed E-state index contributed by atoms with van der Waals surface area (Å²) in [6.07, 6.45) is 0.880. The summed E-state index contributed by atoms with van der Waals surface area (Å²) >= 11 is 0. The molecule has 0 saturated carbocycles. The fraction of sp³-hybridized carbons (Fsp3) is 0.571. The lowest BCUT2D eigenvalue weighted by Crippen LogP contribution is -2.44. The van der Waals surface area contributed by atoms with Gasteiger partial charge in [0.2, 0.25) is 0 Å². The third-order valence-corrected chi connectivity index (χ3v) is 2.69. The van der Waals surface area contributed by atoms with E-state index in [-0.39, 0.29) is 12.2 Å². The number of amides is 1. The number of morpholine rings is 1. The lowest BCUT2D eigenvalue weighted by atomic mass is 10.2. The van der Waals surface area contributed by atoms with Gasteiger partial charge in [0.05, 0.1) is 20.2 Å². The van der Waals surface area contributed by atoms with Gasteiger partial charge < -0.3 is 14.4 Å². The Kier molecular flexibility index (Phi) is 3.64. The van der Waals surface area contributed by atoms with E-state index in [4.69, 9.17) is 10.8 Å². The first-order valence-electron chi connectivity index (χ1n) is 6.87. The van der Waals surface area contributed by atoms with E-state index in [0.29, 0.717) is 25.7 Å². The first kappa shape index (κ1) is 12.4. The number of nitrogens with zero attached hydrogens (tertiary/aromatic N) is 2. The fourth-order valence-electron chi connectivity index (χ4n) is 1.84. The van der Waals surface area contributed by atoms with Gasteiger partial charge in [0, 0.05) is 12.7 Å². The lowest BCUT2D eigenvalue weighted by Gasteiger charge is -2.33. The van der Waals surface area contributed by atoms with Gasteiger partial charge in [-0.1, -0.05) is 6.07 Å². The minimum Gasteiger partial charge on any atom is -0.444 e. The Morgan fingerprint density at radius 3 is 3.05 bits per heavy atom. The SMILES string of the molecule is [2H]c1ccc(C2CN(C(=O)OC(C)(C)C)CCO2)nc1. The molecule has 0 aliphatic carbocycles. The molecule has 5 heteroatoms. The third kappa shape index (κ3) is 3.92. The van der Waals surface area contributed by atoms with Crippen molar-refractivity contribution in [3.05, 3.63) is 30.1 Å². The van der Waals surface area contributed by atoms with Crippen molar-refractivity contribution in [3.63, 3.8) is 0 Å². The second-order valence-corrected chi connectivity index (χ2v) is 5.47. The number of hydrogen-bond donors (Lipinski definition) is 0. The van der Waals surface area contributed by atoms with E-state index in [2.05, 4.69) is 4.98 Å². The molecule has 5 nitrogen and oxygen atoms in total. The monoisotopic (exact) mass is 265 g/mol. The molecule has 0 bridgehead atoms. The molecule has 104 valence electrons. The largest absolute Gasteiger partial charge is 0.444 e. The van der Waals surface area contributed by atoms with Crippen LogP contribution in [0.3, 0.4) is 0 Å². The molecule has 2 rings (SSSR count). The van der Waals surface area contributed by atoms with Crippen LogP contribution in [0, 0.1) is 0 Å². The average molecular weight is 265 g/mol. The summed E-state index contributed by atoms with van der Waals surface area (Å²) in [6, 6.07) is 3.78. The van der Waals surface area contributed by atoms with Crippen LogP contribution in [0.1, 0.15) is 33.9 Å². The second-order valence-electron chi connectivity index (χ2n) is 5.47. The van der Waals surface area contributed by atoms with Crippen molar-refractivity contribution >= 4 is 6.09 Å². The fourth-order valence-corrected chi connectivity index (χ4v) is 1.84. The number of pyridine rings is 1. The van der Waals surface area contributed by atoms with Gasteiger partial charge >= 0.3 is 6.09 Å². The Morgan fingerprint density at radius 2 is 2.42 bits per heavy atom. The summed E-state index contributed by atoms with van der Waals surface area (Å²) in [5.41, 5.74) is 0.227. The number of hydrogen-bond acceptors (Lipinski definition) is 4. The Hall–Kier alpha value is -1.62. The van der Waals surface area contributed by atoms with Gasteiger partial charge in [0.15, 0.2) is 0 Å². The highest BCUT2D eigenvalue weighted by atomic mass is 16.6. The number of carbonyl (C=O) groups is 1. The summed E-state index contributed by atoms with van der Waals surface area (Å²) in [4.78, 5) is 17.9. The first-order chi connectivity index (χ1) is 9.35.